The van der Waals surface area contributed by atoms with Gasteiger partial charge in [-0.15, -0.1) is 0 Å². The van der Waals surface area contributed by atoms with Crippen molar-refractivity contribution in [1.29, 1.82) is 0 Å². The average Bonchev–Trinajstić information content (AvgIpc) is 2.44. The third kappa shape index (κ3) is 3.82. The number of rotatable bonds is 3. The quantitative estimate of drug-likeness (QED) is 0.781. The van der Waals surface area contributed by atoms with E-state index in [0.717, 1.165) is 10.0 Å². The number of aromatic carboxylic acids is 1. The van der Waals surface area contributed by atoms with Crippen molar-refractivity contribution in [2.45, 2.75) is 6.92 Å². The fraction of sp³-hybridized carbons (Fsp3) is 0.0667. The normalized spacial score (nSPS) is 10.0. The molecule has 0 aromatic heterocycles. The Bertz CT molecular complexity index is 684. The van der Waals surface area contributed by atoms with Crippen molar-refractivity contribution in [3.8, 4) is 0 Å². The molecule has 0 spiro atoms. The van der Waals surface area contributed by atoms with Crippen molar-refractivity contribution in [2.75, 3.05) is 10.6 Å². The van der Waals surface area contributed by atoms with Gasteiger partial charge in [0.25, 0.3) is 0 Å². The first kappa shape index (κ1) is 15.1. The molecule has 0 aliphatic heterocycles. The molecule has 2 amide bonds. The van der Waals surface area contributed by atoms with E-state index in [9.17, 15) is 9.59 Å². The first-order chi connectivity index (χ1) is 9.97. The average molecular weight is 349 g/mol. The summed E-state index contributed by atoms with van der Waals surface area (Å²) in [5.74, 6) is -1.00. The van der Waals surface area contributed by atoms with Crippen LogP contribution < -0.4 is 10.6 Å². The predicted octanol–water partition coefficient (Wildman–Crippen LogP) is 4.10. The summed E-state index contributed by atoms with van der Waals surface area (Å²) in [7, 11) is 0. The number of carboxylic acid groups (broad SMARTS) is 1. The molecule has 2 aromatic carbocycles. The Hall–Kier alpha value is -2.34. The fourth-order valence-electron chi connectivity index (χ4n) is 1.72. The minimum absolute atomic E-state index is 0.169. The summed E-state index contributed by atoms with van der Waals surface area (Å²) in [5, 5.41) is 14.2. The van der Waals surface area contributed by atoms with Gasteiger partial charge in [0, 0.05) is 10.2 Å². The van der Waals surface area contributed by atoms with Crippen LogP contribution in [-0.2, 0) is 0 Å². The molecule has 0 bridgehead atoms. The Kier molecular flexibility index (Phi) is 4.59. The van der Waals surface area contributed by atoms with Crippen LogP contribution in [0.3, 0.4) is 0 Å². The van der Waals surface area contributed by atoms with E-state index in [1.54, 1.807) is 6.07 Å². The lowest BCUT2D eigenvalue weighted by Gasteiger charge is -2.10. The second-order valence-corrected chi connectivity index (χ2v) is 5.19. The van der Waals surface area contributed by atoms with Gasteiger partial charge >= 0.3 is 12.0 Å². The highest BCUT2D eigenvalue weighted by Gasteiger charge is 2.08. The lowest BCUT2D eigenvalue weighted by molar-refractivity contribution is 0.0697. The topological polar surface area (TPSA) is 78.4 Å². The van der Waals surface area contributed by atoms with Gasteiger partial charge in [0.05, 0.1) is 11.3 Å². The lowest BCUT2D eigenvalue weighted by Crippen LogP contribution is -2.19. The molecule has 108 valence electrons. The molecule has 0 radical (unpaired) electrons. The fourth-order valence-corrected chi connectivity index (χ4v) is 2.09. The minimum atomic E-state index is -1.00. The summed E-state index contributed by atoms with van der Waals surface area (Å²) in [6.07, 6.45) is 0. The third-order valence-corrected chi connectivity index (χ3v) is 3.88. The van der Waals surface area contributed by atoms with E-state index in [-0.39, 0.29) is 5.56 Å². The van der Waals surface area contributed by atoms with E-state index < -0.39 is 12.0 Å². The predicted molar refractivity (Wildman–Crippen MR) is 84.9 cm³/mol. The molecule has 3 N–H and O–H groups in total. The summed E-state index contributed by atoms with van der Waals surface area (Å²) in [6, 6.07) is 11.1. The number of amides is 2. The number of anilines is 2. The molecule has 0 fully saturated rings. The van der Waals surface area contributed by atoms with E-state index in [0.29, 0.717) is 11.4 Å². The number of nitrogens with one attached hydrogen (secondary N) is 2. The number of hydrogen-bond acceptors (Lipinski definition) is 2. The van der Waals surface area contributed by atoms with Crippen molar-refractivity contribution in [1.82, 2.24) is 0 Å². The minimum Gasteiger partial charge on any atom is -0.478 e. The van der Waals surface area contributed by atoms with Gasteiger partial charge in [-0.05, 0) is 58.7 Å². The molecule has 0 aliphatic carbocycles. The van der Waals surface area contributed by atoms with E-state index in [2.05, 4.69) is 26.6 Å². The first-order valence-electron chi connectivity index (χ1n) is 6.14. The van der Waals surface area contributed by atoms with Crippen LogP contribution in [0.15, 0.2) is 46.9 Å². The first-order valence-corrected chi connectivity index (χ1v) is 6.93. The summed E-state index contributed by atoms with van der Waals surface area (Å²) in [5.41, 5.74) is 2.36. The Morgan fingerprint density at radius 2 is 1.71 bits per heavy atom. The van der Waals surface area contributed by atoms with Crippen molar-refractivity contribution in [3.63, 3.8) is 0 Å². The second-order valence-electron chi connectivity index (χ2n) is 4.40. The number of aryl methyl sites for hydroxylation is 1. The highest BCUT2D eigenvalue weighted by Crippen LogP contribution is 2.25. The smallest absolute Gasteiger partial charge is 0.335 e. The molecule has 0 aliphatic rings. The van der Waals surface area contributed by atoms with E-state index in [1.807, 2.05) is 19.1 Å². The molecule has 0 atom stereocenters. The van der Waals surface area contributed by atoms with Crippen LogP contribution in [-0.4, -0.2) is 17.1 Å². The molecule has 0 unspecified atom stereocenters. The van der Waals surface area contributed by atoms with E-state index >= 15 is 0 Å². The Labute approximate surface area is 130 Å². The van der Waals surface area contributed by atoms with E-state index in [1.165, 1.54) is 24.3 Å². The number of carbonyl (C=O) groups is 2. The monoisotopic (exact) mass is 348 g/mol. The van der Waals surface area contributed by atoms with Gasteiger partial charge in [-0.3, -0.25) is 0 Å². The van der Waals surface area contributed by atoms with Gasteiger partial charge in [-0.2, -0.15) is 0 Å². The number of carbonyl (C=O) groups excluding carboxylic acids is 1. The number of benzene rings is 2. The SMILES string of the molecule is Cc1cccc(NC(=O)Nc2ccc(C(=O)O)cc2)c1Br. The van der Waals surface area contributed by atoms with Crippen LogP contribution in [0.4, 0.5) is 16.2 Å². The van der Waals surface area contributed by atoms with Crippen LogP contribution in [0.1, 0.15) is 15.9 Å². The molecule has 2 rings (SSSR count). The largest absolute Gasteiger partial charge is 0.478 e. The molecule has 21 heavy (non-hydrogen) atoms. The van der Waals surface area contributed by atoms with Gasteiger partial charge in [-0.1, -0.05) is 12.1 Å². The van der Waals surface area contributed by atoms with Gasteiger partial charge in [0.2, 0.25) is 0 Å². The molecular weight excluding hydrogens is 336 g/mol. The number of hydrogen-bond donors (Lipinski definition) is 3. The zero-order chi connectivity index (χ0) is 15.4. The standard InChI is InChI=1S/C15H13BrN2O3/c1-9-3-2-4-12(13(9)16)18-15(21)17-11-7-5-10(6-8-11)14(19)20/h2-8H,1H3,(H,19,20)(H2,17,18,21). The summed E-state index contributed by atoms with van der Waals surface area (Å²) in [4.78, 5) is 22.6. The molecule has 0 heterocycles. The second kappa shape index (κ2) is 6.41. The maximum atomic E-state index is 11.9. The zero-order valence-electron chi connectivity index (χ0n) is 11.2. The Balaban J connectivity index is 2.04. The molecular formula is C15H13BrN2O3. The maximum Gasteiger partial charge on any atom is 0.335 e. The lowest BCUT2D eigenvalue weighted by atomic mass is 10.2. The van der Waals surface area contributed by atoms with Crippen LogP contribution in [0.25, 0.3) is 0 Å². The number of halogens is 1. The van der Waals surface area contributed by atoms with Crippen molar-refractivity contribution in [3.05, 3.63) is 58.1 Å². The summed E-state index contributed by atoms with van der Waals surface area (Å²) >= 11 is 3.41. The molecule has 2 aromatic rings. The summed E-state index contributed by atoms with van der Waals surface area (Å²) < 4.78 is 0.821. The van der Waals surface area contributed by atoms with Crippen LogP contribution in [0.5, 0.6) is 0 Å². The van der Waals surface area contributed by atoms with Crippen molar-refractivity contribution >= 4 is 39.3 Å². The molecule has 6 heteroatoms. The zero-order valence-corrected chi connectivity index (χ0v) is 12.8. The van der Waals surface area contributed by atoms with Gasteiger partial charge < -0.3 is 15.7 Å². The highest BCUT2D eigenvalue weighted by molar-refractivity contribution is 9.10. The summed E-state index contributed by atoms with van der Waals surface area (Å²) in [6.45, 7) is 1.93. The molecule has 0 saturated heterocycles. The van der Waals surface area contributed by atoms with Crippen LogP contribution in [0, 0.1) is 6.92 Å². The van der Waals surface area contributed by atoms with Crippen molar-refractivity contribution < 1.29 is 14.7 Å². The van der Waals surface area contributed by atoms with Crippen LogP contribution >= 0.6 is 15.9 Å². The molecule has 0 saturated carbocycles. The van der Waals surface area contributed by atoms with Gasteiger partial charge in [0.1, 0.15) is 0 Å². The van der Waals surface area contributed by atoms with E-state index in [4.69, 9.17) is 5.11 Å². The highest BCUT2D eigenvalue weighted by atomic mass is 79.9. The Morgan fingerprint density at radius 3 is 2.33 bits per heavy atom. The third-order valence-electron chi connectivity index (χ3n) is 2.83. The van der Waals surface area contributed by atoms with Crippen LogP contribution in [0.2, 0.25) is 0 Å². The number of urea groups is 1. The maximum absolute atomic E-state index is 11.9. The number of carboxylic acids is 1. The molecule has 5 nitrogen and oxygen atoms in total. The van der Waals surface area contributed by atoms with Gasteiger partial charge in [0.15, 0.2) is 0 Å². The van der Waals surface area contributed by atoms with Crippen molar-refractivity contribution in [2.24, 2.45) is 0 Å². The Morgan fingerprint density at radius 1 is 1.05 bits per heavy atom. The van der Waals surface area contributed by atoms with Gasteiger partial charge in [-0.25, -0.2) is 9.59 Å².